The fraction of sp³-hybridized carbons (Fsp3) is 0.133. The van der Waals surface area contributed by atoms with E-state index in [9.17, 15) is 9.59 Å². The topological polar surface area (TPSA) is 71.1 Å². The van der Waals surface area contributed by atoms with Gasteiger partial charge in [-0.25, -0.2) is 4.98 Å². The summed E-state index contributed by atoms with van der Waals surface area (Å²) < 4.78 is 0.622. The molecule has 6 heteroatoms. The van der Waals surface area contributed by atoms with E-state index in [1.54, 1.807) is 30.5 Å². The van der Waals surface area contributed by atoms with Crippen molar-refractivity contribution in [2.75, 3.05) is 10.6 Å². The second-order valence-electron chi connectivity index (χ2n) is 4.50. The molecule has 1 aromatic heterocycles. The number of pyridine rings is 1. The minimum Gasteiger partial charge on any atom is -0.326 e. The number of hydrogen-bond donors (Lipinski definition) is 2. The zero-order chi connectivity index (χ0) is 15.4. The van der Waals surface area contributed by atoms with E-state index < -0.39 is 0 Å². The first-order valence-corrected chi connectivity index (χ1v) is 7.07. The molecule has 0 fully saturated rings. The molecule has 2 N–H and O–H groups in total. The van der Waals surface area contributed by atoms with Gasteiger partial charge < -0.3 is 10.6 Å². The van der Waals surface area contributed by atoms with E-state index in [2.05, 4.69) is 31.5 Å². The van der Waals surface area contributed by atoms with Crippen LogP contribution in [0.2, 0.25) is 0 Å². The van der Waals surface area contributed by atoms with E-state index in [0.29, 0.717) is 21.5 Å². The van der Waals surface area contributed by atoms with Gasteiger partial charge >= 0.3 is 0 Å². The average Bonchev–Trinajstić information content (AvgIpc) is 2.42. The van der Waals surface area contributed by atoms with Crippen molar-refractivity contribution in [2.24, 2.45) is 0 Å². The largest absolute Gasteiger partial charge is 0.326 e. The molecule has 2 amide bonds. The van der Waals surface area contributed by atoms with Gasteiger partial charge in [0, 0.05) is 29.0 Å². The van der Waals surface area contributed by atoms with E-state index >= 15 is 0 Å². The fourth-order valence-corrected chi connectivity index (χ4v) is 2.20. The Morgan fingerprint density at radius 1 is 1.19 bits per heavy atom. The Balaban J connectivity index is 2.22. The Morgan fingerprint density at radius 3 is 2.62 bits per heavy atom. The number of hydrogen-bond acceptors (Lipinski definition) is 3. The fourth-order valence-electron chi connectivity index (χ4n) is 1.77. The van der Waals surface area contributed by atoms with E-state index in [-0.39, 0.29) is 11.8 Å². The molecule has 0 aliphatic carbocycles. The maximum absolute atomic E-state index is 12.2. The SMILES string of the molecule is CC(=O)Nc1cc(NC(=O)c2ncccc2Br)ccc1C. The normalized spacial score (nSPS) is 10.0. The number of amides is 2. The monoisotopic (exact) mass is 347 g/mol. The maximum Gasteiger partial charge on any atom is 0.275 e. The van der Waals surface area contributed by atoms with Gasteiger partial charge in [0.2, 0.25) is 5.91 Å². The summed E-state index contributed by atoms with van der Waals surface area (Å²) in [7, 11) is 0. The molecule has 0 bridgehead atoms. The molecule has 108 valence electrons. The minimum atomic E-state index is -0.319. The van der Waals surface area contributed by atoms with Crippen molar-refractivity contribution in [3.05, 3.63) is 52.3 Å². The van der Waals surface area contributed by atoms with E-state index in [0.717, 1.165) is 5.56 Å². The van der Waals surface area contributed by atoms with Crippen molar-refractivity contribution >= 4 is 39.1 Å². The highest BCUT2D eigenvalue weighted by molar-refractivity contribution is 9.10. The van der Waals surface area contributed by atoms with Crippen LogP contribution in [-0.2, 0) is 4.79 Å². The van der Waals surface area contributed by atoms with Crippen LogP contribution in [0.25, 0.3) is 0 Å². The van der Waals surface area contributed by atoms with Crippen molar-refractivity contribution in [1.82, 2.24) is 4.98 Å². The summed E-state index contributed by atoms with van der Waals surface area (Å²) in [5.74, 6) is -0.478. The quantitative estimate of drug-likeness (QED) is 0.894. The number of nitrogens with zero attached hydrogens (tertiary/aromatic N) is 1. The van der Waals surface area contributed by atoms with Crippen LogP contribution in [0.3, 0.4) is 0 Å². The number of carbonyl (C=O) groups excluding carboxylic acids is 2. The molecule has 21 heavy (non-hydrogen) atoms. The first-order chi connectivity index (χ1) is 9.97. The van der Waals surface area contributed by atoms with Crippen molar-refractivity contribution in [1.29, 1.82) is 0 Å². The van der Waals surface area contributed by atoms with Gasteiger partial charge in [-0.05, 0) is 52.7 Å². The third-order valence-corrected chi connectivity index (χ3v) is 3.42. The zero-order valence-corrected chi connectivity index (χ0v) is 13.2. The summed E-state index contributed by atoms with van der Waals surface area (Å²) in [5, 5.41) is 5.48. The zero-order valence-electron chi connectivity index (χ0n) is 11.6. The molecule has 2 aromatic rings. The number of carbonyl (C=O) groups is 2. The van der Waals surface area contributed by atoms with Crippen LogP contribution >= 0.6 is 15.9 Å². The Hall–Kier alpha value is -2.21. The lowest BCUT2D eigenvalue weighted by Crippen LogP contribution is -2.15. The van der Waals surface area contributed by atoms with Crippen LogP contribution in [0.4, 0.5) is 11.4 Å². The summed E-state index contributed by atoms with van der Waals surface area (Å²) in [5.41, 5.74) is 2.48. The highest BCUT2D eigenvalue weighted by Gasteiger charge is 2.12. The summed E-state index contributed by atoms with van der Waals surface area (Å²) in [6.45, 7) is 3.32. The second-order valence-corrected chi connectivity index (χ2v) is 5.35. The Kier molecular flexibility index (Phi) is 4.70. The van der Waals surface area contributed by atoms with Crippen molar-refractivity contribution in [3.63, 3.8) is 0 Å². The van der Waals surface area contributed by atoms with Gasteiger partial charge in [-0.2, -0.15) is 0 Å². The van der Waals surface area contributed by atoms with Crippen LogP contribution < -0.4 is 10.6 Å². The number of aryl methyl sites for hydroxylation is 1. The predicted molar refractivity (Wildman–Crippen MR) is 85.4 cm³/mol. The van der Waals surface area contributed by atoms with E-state index in [1.807, 2.05) is 13.0 Å². The molecule has 1 aromatic carbocycles. The Labute approximate surface area is 130 Å². The van der Waals surface area contributed by atoms with Crippen molar-refractivity contribution < 1.29 is 9.59 Å². The third kappa shape index (κ3) is 3.88. The average molecular weight is 348 g/mol. The first kappa shape index (κ1) is 15.2. The molecule has 0 unspecified atom stereocenters. The van der Waals surface area contributed by atoms with Gasteiger partial charge in [0.1, 0.15) is 5.69 Å². The molecule has 0 saturated heterocycles. The molecule has 0 atom stereocenters. The summed E-state index contributed by atoms with van der Waals surface area (Å²) >= 11 is 3.29. The van der Waals surface area contributed by atoms with Crippen LogP contribution in [0.5, 0.6) is 0 Å². The lowest BCUT2D eigenvalue weighted by Gasteiger charge is -2.10. The molecular formula is C15H14BrN3O2. The maximum atomic E-state index is 12.2. The Morgan fingerprint density at radius 2 is 1.95 bits per heavy atom. The number of nitrogens with one attached hydrogen (secondary N) is 2. The minimum absolute atomic E-state index is 0.158. The number of aromatic nitrogens is 1. The standard InChI is InChI=1S/C15H14BrN3O2/c1-9-5-6-11(8-13(9)18-10(2)20)19-15(21)14-12(16)4-3-7-17-14/h3-8H,1-2H3,(H,18,20)(H,19,21). The van der Waals surface area contributed by atoms with Gasteiger partial charge in [0.05, 0.1) is 0 Å². The van der Waals surface area contributed by atoms with Crippen LogP contribution in [-0.4, -0.2) is 16.8 Å². The van der Waals surface area contributed by atoms with Gasteiger partial charge in [-0.1, -0.05) is 6.07 Å². The molecule has 2 rings (SSSR count). The van der Waals surface area contributed by atoms with E-state index in [1.165, 1.54) is 6.92 Å². The third-order valence-electron chi connectivity index (χ3n) is 2.78. The van der Waals surface area contributed by atoms with E-state index in [4.69, 9.17) is 0 Å². The predicted octanol–water partition coefficient (Wildman–Crippen LogP) is 3.36. The second kappa shape index (κ2) is 6.49. The van der Waals surface area contributed by atoms with Gasteiger partial charge in [-0.15, -0.1) is 0 Å². The highest BCUT2D eigenvalue weighted by Crippen LogP contribution is 2.21. The highest BCUT2D eigenvalue weighted by atomic mass is 79.9. The van der Waals surface area contributed by atoms with Gasteiger partial charge in [0.25, 0.3) is 5.91 Å². The summed E-state index contributed by atoms with van der Waals surface area (Å²) in [6, 6.07) is 8.80. The summed E-state index contributed by atoms with van der Waals surface area (Å²) in [6.07, 6.45) is 1.55. The van der Waals surface area contributed by atoms with Crippen LogP contribution in [0.15, 0.2) is 41.0 Å². The number of halogens is 1. The summed E-state index contributed by atoms with van der Waals surface area (Å²) in [4.78, 5) is 27.3. The molecule has 0 aliphatic heterocycles. The number of benzene rings is 1. The lowest BCUT2D eigenvalue weighted by atomic mass is 10.1. The first-order valence-electron chi connectivity index (χ1n) is 6.27. The van der Waals surface area contributed by atoms with Crippen LogP contribution in [0.1, 0.15) is 23.0 Å². The van der Waals surface area contributed by atoms with Gasteiger partial charge in [0.15, 0.2) is 0 Å². The molecular weight excluding hydrogens is 334 g/mol. The number of rotatable bonds is 3. The lowest BCUT2D eigenvalue weighted by molar-refractivity contribution is -0.114. The molecule has 1 heterocycles. The Bertz CT molecular complexity index is 701. The molecule has 0 aliphatic rings. The molecule has 0 saturated carbocycles. The molecule has 0 radical (unpaired) electrons. The smallest absolute Gasteiger partial charge is 0.275 e. The van der Waals surface area contributed by atoms with Crippen LogP contribution in [0, 0.1) is 6.92 Å². The van der Waals surface area contributed by atoms with Crippen molar-refractivity contribution in [2.45, 2.75) is 13.8 Å². The molecule has 5 nitrogen and oxygen atoms in total. The molecule has 0 spiro atoms. The van der Waals surface area contributed by atoms with Crippen molar-refractivity contribution in [3.8, 4) is 0 Å². The van der Waals surface area contributed by atoms with Gasteiger partial charge in [-0.3, -0.25) is 9.59 Å². The number of anilines is 2.